The van der Waals surface area contributed by atoms with Gasteiger partial charge in [0.1, 0.15) is 6.23 Å². The Morgan fingerprint density at radius 2 is 1.81 bits per heavy atom. The number of nitrogens with zero attached hydrogens (tertiary/aromatic N) is 1. The van der Waals surface area contributed by atoms with Gasteiger partial charge in [-0.1, -0.05) is 13.8 Å². The Morgan fingerprint density at radius 3 is 2.19 bits per heavy atom. The van der Waals surface area contributed by atoms with Crippen LogP contribution in [0, 0.1) is 5.92 Å². The number of hydrogen-bond acceptors (Lipinski definition) is 5. The van der Waals surface area contributed by atoms with Gasteiger partial charge in [-0.3, -0.25) is 4.90 Å². The minimum atomic E-state index is -3.20. The van der Waals surface area contributed by atoms with Gasteiger partial charge in [0, 0.05) is 19.3 Å². The molecule has 98 valence electrons. The predicted molar refractivity (Wildman–Crippen MR) is 63.8 cm³/mol. The summed E-state index contributed by atoms with van der Waals surface area (Å²) in [5.41, 5.74) is 0. The average Bonchev–Trinajstić information content (AvgIpc) is 2.08. The SMILES string of the molecule is CC(C)CCN(CCO)C(O)CS(C)(=O)=O. The molecule has 0 radical (unpaired) electrons. The van der Waals surface area contributed by atoms with Gasteiger partial charge >= 0.3 is 0 Å². The molecule has 6 heteroatoms. The van der Waals surface area contributed by atoms with E-state index in [1.165, 1.54) is 0 Å². The van der Waals surface area contributed by atoms with Crippen molar-refractivity contribution in [3.63, 3.8) is 0 Å². The third-order valence-electron chi connectivity index (χ3n) is 2.25. The zero-order chi connectivity index (χ0) is 12.8. The number of aliphatic hydroxyl groups is 2. The molecular formula is C10H23NO4S. The largest absolute Gasteiger partial charge is 0.395 e. The van der Waals surface area contributed by atoms with Crippen LogP contribution < -0.4 is 0 Å². The number of sulfone groups is 1. The first kappa shape index (κ1) is 15.8. The molecule has 0 saturated heterocycles. The molecule has 0 aromatic carbocycles. The van der Waals surface area contributed by atoms with Crippen LogP contribution in [0.5, 0.6) is 0 Å². The predicted octanol–water partition coefficient (Wildman–Crippen LogP) is -0.310. The summed E-state index contributed by atoms with van der Waals surface area (Å²) in [4.78, 5) is 1.60. The normalized spacial score (nSPS) is 14.7. The lowest BCUT2D eigenvalue weighted by Crippen LogP contribution is -2.42. The molecule has 0 aliphatic rings. The molecule has 16 heavy (non-hydrogen) atoms. The molecular weight excluding hydrogens is 230 g/mol. The molecule has 1 atom stereocenters. The summed E-state index contributed by atoms with van der Waals surface area (Å²) in [6, 6.07) is 0. The summed E-state index contributed by atoms with van der Waals surface area (Å²) in [6.45, 7) is 4.91. The molecule has 0 fully saturated rings. The Balaban J connectivity index is 4.28. The molecule has 0 heterocycles. The highest BCUT2D eigenvalue weighted by atomic mass is 32.2. The van der Waals surface area contributed by atoms with E-state index in [9.17, 15) is 13.5 Å². The summed E-state index contributed by atoms with van der Waals surface area (Å²) in [5, 5.41) is 18.6. The van der Waals surface area contributed by atoms with Gasteiger partial charge in [-0.2, -0.15) is 0 Å². The van der Waals surface area contributed by atoms with Crippen molar-refractivity contribution in [1.29, 1.82) is 0 Å². The molecule has 0 amide bonds. The van der Waals surface area contributed by atoms with Crippen LogP contribution in [0.1, 0.15) is 20.3 Å². The maximum atomic E-state index is 11.0. The molecule has 0 aliphatic heterocycles. The topological polar surface area (TPSA) is 77.8 Å². The third kappa shape index (κ3) is 8.04. The molecule has 2 N–H and O–H groups in total. The van der Waals surface area contributed by atoms with Crippen molar-refractivity contribution in [2.24, 2.45) is 5.92 Å². The first-order chi connectivity index (χ1) is 7.26. The van der Waals surface area contributed by atoms with Crippen LogP contribution in [-0.2, 0) is 9.84 Å². The van der Waals surface area contributed by atoms with Crippen LogP contribution in [0.4, 0.5) is 0 Å². The number of rotatable bonds is 8. The molecule has 1 unspecified atom stereocenters. The van der Waals surface area contributed by atoms with E-state index in [1.807, 2.05) is 0 Å². The van der Waals surface area contributed by atoms with E-state index in [0.29, 0.717) is 19.0 Å². The Labute approximate surface area is 98.0 Å². The Hall–Kier alpha value is -0.170. The van der Waals surface area contributed by atoms with Crippen LogP contribution in [0.2, 0.25) is 0 Å². The zero-order valence-electron chi connectivity index (χ0n) is 10.3. The third-order valence-corrected chi connectivity index (χ3v) is 3.16. The second kappa shape index (κ2) is 7.21. The summed E-state index contributed by atoms with van der Waals surface area (Å²) in [5.74, 6) is 0.192. The van der Waals surface area contributed by atoms with Gasteiger partial charge in [0.2, 0.25) is 0 Å². The maximum Gasteiger partial charge on any atom is 0.151 e. The Bertz CT molecular complexity index is 277. The molecule has 0 bridgehead atoms. The van der Waals surface area contributed by atoms with Gasteiger partial charge in [0.15, 0.2) is 9.84 Å². The van der Waals surface area contributed by atoms with Crippen molar-refractivity contribution in [1.82, 2.24) is 4.90 Å². The standard InChI is InChI=1S/C10H23NO4S/c1-9(2)4-5-11(6-7-12)10(13)8-16(3,14)15/h9-10,12-13H,4-8H2,1-3H3. The van der Waals surface area contributed by atoms with Crippen LogP contribution in [0.25, 0.3) is 0 Å². The van der Waals surface area contributed by atoms with Gasteiger partial charge in [0.05, 0.1) is 12.4 Å². The van der Waals surface area contributed by atoms with E-state index in [4.69, 9.17) is 5.11 Å². The summed E-state index contributed by atoms with van der Waals surface area (Å²) < 4.78 is 22.1. The minimum absolute atomic E-state index is 0.0844. The second-order valence-electron chi connectivity index (χ2n) is 4.52. The summed E-state index contributed by atoms with van der Waals surface area (Å²) >= 11 is 0. The fraction of sp³-hybridized carbons (Fsp3) is 1.00. The van der Waals surface area contributed by atoms with Gasteiger partial charge in [-0.15, -0.1) is 0 Å². The molecule has 0 rings (SSSR count). The zero-order valence-corrected chi connectivity index (χ0v) is 11.1. The summed E-state index contributed by atoms with van der Waals surface area (Å²) in [6.07, 6.45) is 0.928. The lowest BCUT2D eigenvalue weighted by Gasteiger charge is -2.27. The van der Waals surface area contributed by atoms with Crippen molar-refractivity contribution in [3.8, 4) is 0 Å². The Kier molecular flexibility index (Phi) is 7.14. The first-order valence-electron chi connectivity index (χ1n) is 5.47. The van der Waals surface area contributed by atoms with E-state index in [1.54, 1.807) is 4.90 Å². The maximum absolute atomic E-state index is 11.0. The highest BCUT2D eigenvalue weighted by Crippen LogP contribution is 2.06. The van der Waals surface area contributed by atoms with Crippen LogP contribution >= 0.6 is 0 Å². The van der Waals surface area contributed by atoms with E-state index >= 15 is 0 Å². The van der Waals surface area contributed by atoms with Crippen LogP contribution in [0.3, 0.4) is 0 Å². The fourth-order valence-electron chi connectivity index (χ4n) is 1.34. The highest BCUT2D eigenvalue weighted by molar-refractivity contribution is 7.90. The van der Waals surface area contributed by atoms with E-state index in [0.717, 1.165) is 12.7 Å². The monoisotopic (exact) mass is 253 g/mol. The molecule has 0 aromatic rings. The lowest BCUT2D eigenvalue weighted by molar-refractivity contribution is 0.00834. The molecule has 0 aromatic heterocycles. The van der Waals surface area contributed by atoms with Gasteiger partial charge in [0.25, 0.3) is 0 Å². The van der Waals surface area contributed by atoms with E-state index < -0.39 is 16.1 Å². The van der Waals surface area contributed by atoms with Crippen molar-refractivity contribution < 1.29 is 18.6 Å². The average molecular weight is 253 g/mol. The summed E-state index contributed by atoms with van der Waals surface area (Å²) in [7, 11) is -3.20. The molecule has 0 aliphatic carbocycles. The van der Waals surface area contributed by atoms with Gasteiger partial charge in [-0.05, 0) is 12.3 Å². The number of hydrogen-bond donors (Lipinski definition) is 2. The van der Waals surface area contributed by atoms with Gasteiger partial charge < -0.3 is 10.2 Å². The lowest BCUT2D eigenvalue weighted by atomic mass is 10.1. The van der Waals surface area contributed by atoms with Crippen molar-refractivity contribution >= 4 is 9.84 Å². The van der Waals surface area contributed by atoms with E-state index in [-0.39, 0.29) is 12.4 Å². The van der Waals surface area contributed by atoms with Crippen LogP contribution in [0.15, 0.2) is 0 Å². The van der Waals surface area contributed by atoms with E-state index in [2.05, 4.69) is 13.8 Å². The van der Waals surface area contributed by atoms with Gasteiger partial charge in [-0.25, -0.2) is 8.42 Å². The molecule has 0 spiro atoms. The van der Waals surface area contributed by atoms with Crippen molar-refractivity contribution in [2.75, 3.05) is 31.7 Å². The Morgan fingerprint density at radius 1 is 1.25 bits per heavy atom. The second-order valence-corrected chi connectivity index (χ2v) is 6.70. The molecule has 5 nitrogen and oxygen atoms in total. The smallest absolute Gasteiger partial charge is 0.151 e. The first-order valence-corrected chi connectivity index (χ1v) is 7.53. The fourth-order valence-corrected chi connectivity index (χ4v) is 2.09. The van der Waals surface area contributed by atoms with Crippen LogP contribution in [-0.4, -0.2) is 61.5 Å². The van der Waals surface area contributed by atoms with Crippen molar-refractivity contribution in [3.05, 3.63) is 0 Å². The minimum Gasteiger partial charge on any atom is -0.395 e. The quantitative estimate of drug-likeness (QED) is 0.580. The number of aliphatic hydroxyl groups excluding tert-OH is 2. The molecule has 0 saturated carbocycles. The van der Waals surface area contributed by atoms with Crippen molar-refractivity contribution in [2.45, 2.75) is 26.5 Å². The highest BCUT2D eigenvalue weighted by Gasteiger charge is 2.19.